The molecule has 7 heteroatoms. The number of rotatable bonds is 4. The van der Waals surface area contributed by atoms with Gasteiger partial charge in [0, 0.05) is 25.7 Å². The summed E-state index contributed by atoms with van der Waals surface area (Å²) in [5, 5.41) is 11.6. The number of hydrogen-bond donors (Lipinski definition) is 3. The van der Waals surface area contributed by atoms with Crippen molar-refractivity contribution in [2.75, 3.05) is 11.9 Å². The zero-order valence-electron chi connectivity index (χ0n) is 11.4. The summed E-state index contributed by atoms with van der Waals surface area (Å²) in [6.07, 6.45) is 0.483. The first kappa shape index (κ1) is 13.9. The molecule has 2 aromatic rings. The molecule has 0 saturated heterocycles. The van der Waals surface area contributed by atoms with Crippen molar-refractivity contribution in [1.82, 2.24) is 20.1 Å². The highest BCUT2D eigenvalue weighted by Crippen LogP contribution is 2.07. The fourth-order valence-corrected chi connectivity index (χ4v) is 1.70. The van der Waals surface area contributed by atoms with Gasteiger partial charge >= 0.3 is 11.7 Å². The number of urea groups is 1. The smallest absolute Gasteiger partial charge is 0.337 e. The second kappa shape index (κ2) is 6.05. The number of nitrogens with zero attached hydrogens (tertiary/aromatic N) is 2. The molecule has 1 aromatic carbocycles. The number of aromatic nitrogens is 3. The summed E-state index contributed by atoms with van der Waals surface area (Å²) in [6, 6.07) is 7.25. The Kier molecular flexibility index (Phi) is 4.19. The summed E-state index contributed by atoms with van der Waals surface area (Å²) >= 11 is 0. The van der Waals surface area contributed by atoms with E-state index in [1.807, 2.05) is 31.2 Å². The zero-order chi connectivity index (χ0) is 14.5. The molecule has 0 bridgehead atoms. The normalized spacial score (nSPS) is 10.3. The molecule has 3 N–H and O–H groups in total. The number of H-pyrrole nitrogens is 1. The molecule has 20 heavy (non-hydrogen) atoms. The molecule has 0 aliphatic heterocycles. The molecule has 2 rings (SSSR count). The second-order valence-corrected chi connectivity index (χ2v) is 4.50. The number of anilines is 1. The van der Waals surface area contributed by atoms with E-state index in [9.17, 15) is 9.59 Å². The van der Waals surface area contributed by atoms with Crippen LogP contribution in [0.1, 0.15) is 11.4 Å². The number of nitrogens with one attached hydrogen (secondary N) is 3. The highest BCUT2D eigenvalue weighted by molar-refractivity contribution is 5.89. The highest BCUT2D eigenvalue weighted by atomic mass is 16.2. The Morgan fingerprint density at radius 1 is 1.35 bits per heavy atom. The quantitative estimate of drug-likeness (QED) is 0.770. The van der Waals surface area contributed by atoms with Crippen LogP contribution >= 0.6 is 0 Å². The van der Waals surface area contributed by atoms with E-state index in [1.165, 1.54) is 4.57 Å². The third-order valence-corrected chi connectivity index (χ3v) is 2.92. The van der Waals surface area contributed by atoms with Gasteiger partial charge in [-0.3, -0.25) is 4.57 Å². The predicted octanol–water partition coefficient (Wildman–Crippen LogP) is 0.781. The van der Waals surface area contributed by atoms with Crippen molar-refractivity contribution in [2.24, 2.45) is 7.05 Å². The number of benzene rings is 1. The predicted molar refractivity (Wildman–Crippen MR) is 75.7 cm³/mol. The van der Waals surface area contributed by atoms with Crippen LogP contribution in [-0.4, -0.2) is 27.3 Å². The van der Waals surface area contributed by atoms with Crippen molar-refractivity contribution in [3.05, 3.63) is 46.1 Å². The van der Waals surface area contributed by atoms with Crippen LogP contribution in [0.25, 0.3) is 0 Å². The Labute approximate surface area is 116 Å². The molecule has 1 heterocycles. The maximum atomic E-state index is 11.7. The maximum absolute atomic E-state index is 11.7. The van der Waals surface area contributed by atoms with Crippen LogP contribution < -0.4 is 16.3 Å². The monoisotopic (exact) mass is 275 g/mol. The van der Waals surface area contributed by atoms with Gasteiger partial charge in [0.05, 0.1) is 0 Å². The van der Waals surface area contributed by atoms with Gasteiger partial charge in [0.25, 0.3) is 0 Å². The van der Waals surface area contributed by atoms with Crippen LogP contribution in [0.2, 0.25) is 0 Å². The number of amides is 2. The summed E-state index contributed by atoms with van der Waals surface area (Å²) in [4.78, 5) is 22.8. The van der Waals surface area contributed by atoms with Gasteiger partial charge in [0.2, 0.25) is 0 Å². The Morgan fingerprint density at radius 3 is 2.65 bits per heavy atom. The molecular weight excluding hydrogens is 258 g/mol. The number of aromatic amines is 1. The molecule has 0 atom stereocenters. The lowest BCUT2D eigenvalue weighted by atomic mass is 10.2. The molecule has 1 aromatic heterocycles. The third-order valence-electron chi connectivity index (χ3n) is 2.92. The standard InChI is InChI=1S/C13H17N5O2/c1-9-3-5-10(6-4-9)15-12(19)14-8-7-11-16-17-13(20)18(11)2/h3-6H,7-8H2,1-2H3,(H,17,20)(H2,14,15,19). The van der Waals surface area contributed by atoms with Crippen LogP contribution in [-0.2, 0) is 13.5 Å². The van der Waals surface area contributed by atoms with Gasteiger partial charge < -0.3 is 10.6 Å². The molecule has 7 nitrogen and oxygen atoms in total. The molecule has 2 amide bonds. The molecule has 106 valence electrons. The van der Waals surface area contributed by atoms with Crippen LogP contribution in [0.3, 0.4) is 0 Å². The average Bonchev–Trinajstić information content (AvgIpc) is 2.73. The lowest BCUT2D eigenvalue weighted by Gasteiger charge is -2.07. The molecule has 0 fully saturated rings. The first-order valence-corrected chi connectivity index (χ1v) is 6.28. The van der Waals surface area contributed by atoms with Crippen LogP contribution in [0.5, 0.6) is 0 Å². The molecule has 0 radical (unpaired) electrons. The molecule has 0 aliphatic carbocycles. The van der Waals surface area contributed by atoms with Crippen LogP contribution in [0, 0.1) is 6.92 Å². The van der Waals surface area contributed by atoms with Crippen molar-refractivity contribution in [3.8, 4) is 0 Å². The summed E-state index contributed by atoms with van der Waals surface area (Å²) in [6.45, 7) is 2.38. The van der Waals surface area contributed by atoms with Crippen molar-refractivity contribution < 1.29 is 4.79 Å². The summed E-state index contributed by atoms with van der Waals surface area (Å²) < 4.78 is 1.42. The van der Waals surface area contributed by atoms with Gasteiger partial charge in [-0.25, -0.2) is 14.7 Å². The van der Waals surface area contributed by atoms with Gasteiger partial charge in [-0.15, -0.1) is 0 Å². The Hall–Kier alpha value is -2.57. The van der Waals surface area contributed by atoms with Crippen molar-refractivity contribution in [2.45, 2.75) is 13.3 Å². The number of aryl methyl sites for hydroxylation is 1. The van der Waals surface area contributed by atoms with E-state index in [0.29, 0.717) is 18.8 Å². The summed E-state index contributed by atoms with van der Waals surface area (Å²) in [7, 11) is 1.63. The van der Waals surface area contributed by atoms with Gasteiger partial charge in [-0.1, -0.05) is 17.7 Å². The van der Waals surface area contributed by atoms with Crippen molar-refractivity contribution >= 4 is 11.7 Å². The number of hydrogen-bond acceptors (Lipinski definition) is 3. The first-order chi connectivity index (χ1) is 9.56. The molecule has 0 aliphatic rings. The molecule has 0 unspecified atom stereocenters. The average molecular weight is 275 g/mol. The van der Waals surface area contributed by atoms with E-state index in [1.54, 1.807) is 7.05 Å². The minimum atomic E-state index is -0.283. The number of carbonyl (C=O) groups is 1. The fraction of sp³-hybridized carbons (Fsp3) is 0.308. The molecule has 0 spiro atoms. The van der Waals surface area contributed by atoms with E-state index in [2.05, 4.69) is 20.8 Å². The second-order valence-electron chi connectivity index (χ2n) is 4.50. The minimum absolute atomic E-state index is 0.260. The third kappa shape index (κ3) is 3.47. The van der Waals surface area contributed by atoms with Crippen LogP contribution in [0.15, 0.2) is 29.1 Å². The lowest BCUT2D eigenvalue weighted by Crippen LogP contribution is -2.31. The highest BCUT2D eigenvalue weighted by Gasteiger charge is 2.05. The largest absolute Gasteiger partial charge is 0.343 e. The number of carbonyl (C=O) groups excluding carboxylic acids is 1. The van der Waals surface area contributed by atoms with E-state index in [-0.39, 0.29) is 11.7 Å². The van der Waals surface area contributed by atoms with E-state index in [0.717, 1.165) is 11.3 Å². The zero-order valence-corrected chi connectivity index (χ0v) is 11.4. The van der Waals surface area contributed by atoms with Gasteiger partial charge in [0.1, 0.15) is 5.82 Å². The van der Waals surface area contributed by atoms with Gasteiger partial charge in [0.15, 0.2) is 0 Å². The van der Waals surface area contributed by atoms with E-state index < -0.39 is 0 Å². The molecular formula is C13H17N5O2. The van der Waals surface area contributed by atoms with Gasteiger partial charge in [-0.05, 0) is 19.1 Å². The maximum Gasteiger partial charge on any atom is 0.343 e. The lowest BCUT2D eigenvalue weighted by molar-refractivity contribution is 0.252. The minimum Gasteiger partial charge on any atom is -0.337 e. The Bertz CT molecular complexity index is 642. The van der Waals surface area contributed by atoms with Crippen molar-refractivity contribution in [1.29, 1.82) is 0 Å². The Morgan fingerprint density at radius 2 is 2.05 bits per heavy atom. The van der Waals surface area contributed by atoms with Crippen LogP contribution in [0.4, 0.5) is 10.5 Å². The Balaban J connectivity index is 1.79. The first-order valence-electron chi connectivity index (χ1n) is 6.28. The topological polar surface area (TPSA) is 91.8 Å². The van der Waals surface area contributed by atoms with E-state index >= 15 is 0 Å². The SMILES string of the molecule is Cc1ccc(NC(=O)NCCc2n[nH]c(=O)n2C)cc1. The fourth-order valence-electron chi connectivity index (χ4n) is 1.70. The summed E-state index contributed by atoms with van der Waals surface area (Å²) in [5.41, 5.74) is 1.61. The van der Waals surface area contributed by atoms with Crippen molar-refractivity contribution in [3.63, 3.8) is 0 Å². The van der Waals surface area contributed by atoms with E-state index in [4.69, 9.17) is 0 Å². The van der Waals surface area contributed by atoms with Gasteiger partial charge in [-0.2, -0.15) is 5.10 Å². The molecule has 0 saturated carbocycles. The summed E-state index contributed by atoms with van der Waals surface area (Å²) in [5.74, 6) is 0.602.